The summed E-state index contributed by atoms with van der Waals surface area (Å²) in [5.41, 5.74) is 0. The molecule has 0 amide bonds. The lowest BCUT2D eigenvalue weighted by Crippen LogP contribution is -1.54. The van der Waals surface area contributed by atoms with E-state index in [1.807, 2.05) is 66.7 Å². The molecule has 0 aromatic carbocycles. The summed E-state index contributed by atoms with van der Waals surface area (Å²) in [6.45, 7) is 0. The molecular formula is C15H15NO. The minimum absolute atomic E-state index is 1.61. The summed E-state index contributed by atoms with van der Waals surface area (Å²) in [7, 11) is 0. The van der Waals surface area contributed by atoms with Crippen molar-refractivity contribution in [3.63, 3.8) is 0 Å². The third kappa shape index (κ3) is 8.63. The summed E-state index contributed by atoms with van der Waals surface area (Å²) in [6, 6.07) is 20.7. The number of hydrogen-bond acceptors (Lipinski definition) is 2. The van der Waals surface area contributed by atoms with E-state index < -0.39 is 0 Å². The van der Waals surface area contributed by atoms with E-state index in [0.29, 0.717) is 0 Å². The second kappa shape index (κ2) is 10.2. The van der Waals surface area contributed by atoms with E-state index in [1.165, 1.54) is 0 Å². The molecule has 1 aromatic heterocycles. The van der Waals surface area contributed by atoms with Crippen LogP contribution in [0.1, 0.15) is 0 Å². The van der Waals surface area contributed by atoms with Crippen molar-refractivity contribution < 1.29 is 4.42 Å². The second-order valence-corrected chi connectivity index (χ2v) is 2.97. The van der Waals surface area contributed by atoms with Crippen LogP contribution in [0, 0.1) is 0 Å². The lowest BCUT2D eigenvalue weighted by Gasteiger charge is -1.69. The van der Waals surface area contributed by atoms with Crippen LogP contribution < -0.4 is 0 Å². The fraction of sp³-hybridized carbons (Fsp3) is 0. The van der Waals surface area contributed by atoms with Gasteiger partial charge in [-0.1, -0.05) is 42.5 Å². The molecule has 1 heterocycles. The lowest BCUT2D eigenvalue weighted by molar-refractivity contribution is 0.554. The van der Waals surface area contributed by atoms with Crippen molar-refractivity contribution in [1.29, 1.82) is 0 Å². The third-order valence-corrected chi connectivity index (χ3v) is 1.66. The van der Waals surface area contributed by atoms with Crippen molar-refractivity contribution in [2.24, 2.45) is 0 Å². The van der Waals surface area contributed by atoms with Gasteiger partial charge in [-0.25, -0.2) is 0 Å². The Morgan fingerprint density at radius 1 is 0.471 bits per heavy atom. The Balaban J connectivity index is 3.01. The predicted octanol–water partition coefficient (Wildman–Crippen LogP) is 4.05. The van der Waals surface area contributed by atoms with Crippen molar-refractivity contribution in [2.75, 3.05) is 0 Å². The fourth-order valence-corrected chi connectivity index (χ4v) is 0.924. The van der Waals surface area contributed by atoms with Crippen molar-refractivity contribution in [3.8, 4) is 0 Å². The van der Waals surface area contributed by atoms with Crippen molar-refractivity contribution in [3.05, 3.63) is 91.7 Å². The van der Waals surface area contributed by atoms with Crippen LogP contribution in [0.15, 0.2) is 96.1 Å². The molecule has 0 aliphatic carbocycles. The van der Waals surface area contributed by atoms with Crippen molar-refractivity contribution in [1.82, 2.24) is 4.98 Å². The predicted molar refractivity (Wildman–Crippen MR) is 69.4 cm³/mol. The fourth-order valence-electron chi connectivity index (χ4n) is 0.924. The van der Waals surface area contributed by atoms with Crippen LogP contribution in [-0.4, -0.2) is 4.98 Å². The van der Waals surface area contributed by atoms with Gasteiger partial charge in [-0.2, -0.15) is 0 Å². The molecule has 17 heavy (non-hydrogen) atoms. The van der Waals surface area contributed by atoms with Gasteiger partial charge in [0.15, 0.2) is 0 Å². The molecule has 0 atom stereocenters. The molecule has 0 spiro atoms. The molecule has 0 saturated carbocycles. The van der Waals surface area contributed by atoms with E-state index in [2.05, 4.69) is 4.98 Å². The molecule has 1 rings (SSSR count). The summed E-state index contributed by atoms with van der Waals surface area (Å²) >= 11 is 0. The molecule has 0 aliphatic heterocycles. The summed E-state index contributed by atoms with van der Waals surface area (Å²) in [4.78, 5) is 4.06. The smallest absolute Gasteiger partial charge is 0.0901 e. The van der Waals surface area contributed by atoms with Crippen molar-refractivity contribution in [2.45, 2.75) is 0 Å². The standard InChI is InChI=1S/C15H15NO/c1-2-6-10-14-17-15-11-7-3-5-9-13-16-12-8-4-1/h1-15H. The molecule has 0 N–H and O–H groups in total. The van der Waals surface area contributed by atoms with Gasteiger partial charge in [0, 0.05) is 12.4 Å². The highest BCUT2D eigenvalue weighted by atomic mass is 16.3. The van der Waals surface area contributed by atoms with Crippen LogP contribution in [0.3, 0.4) is 0 Å². The summed E-state index contributed by atoms with van der Waals surface area (Å²) in [6.07, 6.45) is 6.68. The SMILES string of the molecule is c1ccccocccccccnccc1. The van der Waals surface area contributed by atoms with Gasteiger partial charge in [-0.05, 0) is 24.3 Å². The van der Waals surface area contributed by atoms with Crippen molar-refractivity contribution >= 4 is 0 Å². The number of aromatic nitrogens is 1. The molecule has 0 radical (unpaired) electrons. The first-order chi connectivity index (χ1) is 8.50. The zero-order valence-corrected chi connectivity index (χ0v) is 9.52. The molecule has 0 aliphatic rings. The van der Waals surface area contributed by atoms with Crippen LogP contribution >= 0.6 is 0 Å². The molecule has 2 heteroatoms. The minimum atomic E-state index is 1.61. The minimum Gasteiger partial charge on any atom is -0.473 e. The van der Waals surface area contributed by atoms with E-state index in [-0.39, 0.29) is 0 Å². The Hall–Kier alpha value is -2.35. The highest BCUT2D eigenvalue weighted by Gasteiger charge is 1.59. The highest BCUT2D eigenvalue weighted by molar-refractivity contribution is 4.92. The van der Waals surface area contributed by atoms with E-state index in [0.717, 1.165) is 0 Å². The lowest BCUT2D eigenvalue weighted by atomic mass is 10.5. The van der Waals surface area contributed by atoms with E-state index >= 15 is 0 Å². The Morgan fingerprint density at radius 3 is 1.41 bits per heavy atom. The van der Waals surface area contributed by atoms with Gasteiger partial charge in [0.25, 0.3) is 0 Å². The molecule has 2 nitrogen and oxygen atoms in total. The third-order valence-electron chi connectivity index (χ3n) is 1.66. The molecule has 0 unspecified atom stereocenters. The molecule has 86 valence electrons. The maximum Gasteiger partial charge on any atom is 0.0901 e. The van der Waals surface area contributed by atoms with Gasteiger partial charge in [-0.15, -0.1) is 0 Å². The van der Waals surface area contributed by atoms with Gasteiger partial charge >= 0.3 is 0 Å². The normalized spacial score (nSPS) is 8.00. The maximum absolute atomic E-state index is 5.11. The van der Waals surface area contributed by atoms with E-state index in [1.54, 1.807) is 24.9 Å². The Kier molecular flexibility index (Phi) is 7.61. The van der Waals surface area contributed by atoms with Gasteiger partial charge in [0.1, 0.15) is 0 Å². The monoisotopic (exact) mass is 225 g/mol. The highest BCUT2D eigenvalue weighted by Crippen LogP contribution is 1.79. The van der Waals surface area contributed by atoms with Crippen LogP contribution in [0.25, 0.3) is 0 Å². The Bertz CT molecular complexity index is 282. The average molecular weight is 225 g/mol. The van der Waals surface area contributed by atoms with Crippen LogP contribution in [-0.2, 0) is 0 Å². The zero-order chi connectivity index (χ0) is 12.0. The zero-order valence-electron chi connectivity index (χ0n) is 9.52. The Labute approximate surface area is 102 Å². The average Bonchev–Trinajstić information content (AvgIpc) is 2.35. The van der Waals surface area contributed by atoms with Crippen LogP contribution in [0.4, 0.5) is 0 Å². The van der Waals surface area contributed by atoms with E-state index in [9.17, 15) is 0 Å². The van der Waals surface area contributed by atoms with Crippen LogP contribution in [0.5, 0.6) is 0 Å². The molecular weight excluding hydrogens is 210 g/mol. The van der Waals surface area contributed by atoms with Gasteiger partial charge in [-0.3, -0.25) is 4.98 Å². The van der Waals surface area contributed by atoms with E-state index in [4.69, 9.17) is 4.42 Å². The summed E-state index contributed by atoms with van der Waals surface area (Å²) in [5, 5.41) is 0. The van der Waals surface area contributed by atoms with Gasteiger partial charge in [0.2, 0.25) is 0 Å². The Morgan fingerprint density at radius 2 is 0.882 bits per heavy atom. The quantitative estimate of drug-likeness (QED) is 0.665. The topological polar surface area (TPSA) is 26.0 Å². The number of hydrogen-bond donors (Lipinski definition) is 0. The van der Waals surface area contributed by atoms with Gasteiger partial charge < -0.3 is 4.42 Å². The maximum atomic E-state index is 5.11. The van der Waals surface area contributed by atoms with Gasteiger partial charge in [0.05, 0.1) is 12.5 Å². The molecule has 1 aromatic rings. The summed E-state index contributed by atoms with van der Waals surface area (Å²) < 4.78 is 5.11. The largest absolute Gasteiger partial charge is 0.473 e. The molecule has 0 saturated heterocycles. The van der Waals surface area contributed by atoms with Crippen LogP contribution in [0.2, 0.25) is 0 Å². The molecule has 0 fully saturated rings. The summed E-state index contributed by atoms with van der Waals surface area (Å²) in [5.74, 6) is 0. The first-order valence-electron chi connectivity index (χ1n) is 5.32. The molecule has 0 bridgehead atoms. The second-order valence-electron chi connectivity index (χ2n) is 2.97. The number of nitrogens with zero attached hydrogens (tertiary/aromatic N) is 1. The first kappa shape index (κ1) is 12.7. The first-order valence-corrected chi connectivity index (χ1v) is 5.32. The number of rotatable bonds is 0.